The zero-order chi connectivity index (χ0) is 52.7. The monoisotopic (exact) mass is 1010 g/mol. The number of nitrogens with zero attached hydrogens (tertiary/aromatic N) is 2. The fourth-order valence-corrected chi connectivity index (χ4v) is 12.8. The zero-order valence-electron chi connectivity index (χ0n) is 44.6. The van der Waals surface area contributed by atoms with Crippen molar-refractivity contribution in [2.45, 2.75) is 57.8 Å². The van der Waals surface area contributed by atoms with Crippen LogP contribution in [-0.2, 0) is 16.2 Å². The van der Waals surface area contributed by atoms with Gasteiger partial charge in [-0.05, 0) is 128 Å². The summed E-state index contributed by atoms with van der Waals surface area (Å²) in [6.45, 7) is 13.6. The molecule has 5 heteroatoms. The highest BCUT2D eigenvalue weighted by atomic mass is 16.5. The Labute approximate surface area is 454 Å². The Hall–Kier alpha value is -9.32. The number of ether oxygens (including phenoxy) is 1. The minimum atomic E-state index is -0.842. The quantitative estimate of drug-likeness (QED) is 0.166. The largest absolute Gasteiger partial charge is 0.456 e. The van der Waals surface area contributed by atoms with Gasteiger partial charge in [-0.3, -0.25) is 0 Å². The molecule has 0 fully saturated rings. The molecule has 0 saturated carbocycles. The molecule has 5 nitrogen and oxygen atoms in total. The molecule has 376 valence electrons. The number of para-hydroxylation sites is 5. The molecule has 2 aromatic heterocycles. The van der Waals surface area contributed by atoms with Crippen LogP contribution in [0.5, 0.6) is 11.5 Å². The smallest absolute Gasteiger partial charge is 0.159 e. The van der Waals surface area contributed by atoms with Crippen molar-refractivity contribution in [3.63, 3.8) is 0 Å². The van der Waals surface area contributed by atoms with Crippen LogP contribution in [0.25, 0.3) is 65.8 Å². The van der Waals surface area contributed by atoms with Gasteiger partial charge >= 0.3 is 0 Å². The Bertz CT molecular complexity index is 4340. The third kappa shape index (κ3) is 6.80. The van der Waals surface area contributed by atoms with Gasteiger partial charge in [-0.15, -0.1) is 0 Å². The molecule has 11 aromatic carbocycles. The Morgan fingerprint density at radius 1 is 0.346 bits per heavy atom. The fraction of sp³-hybridized carbons (Fsp3) is 0.123. The van der Waals surface area contributed by atoms with Crippen LogP contribution in [0.4, 0.5) is 34.1 Å². The molecular weight excluding hydrogens is 953 g/mol. The second kappa shape index (κ2) is 16.8. The van der Waals surface area contributed by atoms with E-state index in [1.807, 2.05) is 12.1 Å². The zero-order valence-corrected chi connectivity index (χ0v) is 44.6. The van der Waals surface area contributed by atoms with Gasteiger partial charge in [0, 0.05) is 60.8 Å². The molecule has 13 aromatic rings. The van der Waals surface area contributed by atoms with Crippen LogP contribution in [0, 0.1) is 0 Å². The molecule has 78 heavy (non-hydrogen) atoms. The van der Waals surface area contributed by atoms with Crippen LogP contribution < -0.4 is 14.5 Å². The minimum Gasteiger partial charge on any atom is -0.456 e. The van der Waals surface area contributed by atoms with Gasteiger partial charge in [0.15, 0.2) is 11.2 Å². The number of benzene rings is 11. The summed E-state index contributed by atoms with van der Waals surface area (Å²) in [5.74, 6) is 1.70. The van der Waals surface area contributed by atoms with Crippen molar-refractivity contribution in [3.05, 3.63) is 264 Å². The maximum Gasteiger partial charge on any atom is 0.159 e. The maximum atomic E-state index is 7.23. The average molecular weight is 1010 g/mol. The van der Waals surface area contributed by atoms with E-state index in [1.165, 1.54) is 33.4 Å². The molecular formula is C73H56N2O3. The maximum absolute atomic E-state index is 7.23. The van der Waals surface area contributed by atoms with Crippen molar-refractivity contribution in [1.82, 2.24) is 0 Å². The fourth-order valence-electron chi connectivity index (χ4n) is 12.8. The van der Waals surface area contributed by atoms with E-state index in [0.717, 1.165) is 111 Å². The standard InChI is InChI=1S/C73H56N2O3/c1-71(2,3)46-30-34-48(35-31-46)74(63-24-15-21-57-55-19-9-12-26-65(55)76-69(57)63)50-38-40-53-54-41-39-51(75(49-36-32-47(33-37-49)72(4,5)6)64-25-16-22-58-56-20-10-13-27-66(56)77-70(58)64)44-62(54)73(61(53)43-50)59-23-11-14-28-67(59)78-68-52-18-8-7-17-45(52)29-42-60(68)73/h7-44H,1-6H3. The summed E-state index contributed by atoms with van der Waals surface area (Å²) in [7, 11) is 0. The summed E-state index contributed by atoms with van der Waals surface area (Å²) >= 11 is 0. The van der Waals surface area contributed by atoms with Crippen LogP contribution in [-0.4, -0.2) is 0 Å². The Kier molecular flexibility index (Phi) is 9.94. The Balaban J connectivity index is 1.02. The van der Waals surface area contributed by atoms with Crippen molar-refractivity contribution >= 4 is 88.8 Å². The lowest BCUT2D eigenvalue weighted by Gasteiger charge is -2.40. The Morgan fingerprint density at radius 3 is 1.32 bits per heavy atom. The SMILES string of the molecule is CC(C)(C)c1ccc(N(c2ccc3c(c2)C2(c4ccccc4Oc4c2ccc2ccccc42)c2cc(N(c4ccc(C(C)(C)C)cc4)c4cccc5c4oc4ccccc45)ccc2-3)c2cccc3c2oc2ccccc23)cc1. The van der Waals surface area contributed by atoms with E-state index < -0.39 is 5.41 Å². The predicted octanol–water partition coefficient (Wildman–Crippen LogP) is 20.6. The van der Waals surface area contributed by atoms with Gasteiger partial charge in [0.25, 0.3) is 0 Å². The molecule has 0 N–H and O–H groups in total. The molecule has 3 heterocycles. The lowest BCUT2D eigenvalue weighted by Crippen LogP contribution is -2.32. The molecule has 0 saturated heterocycles. The van der Waals surface area contributed by atoms with Crippen molar-refractivity contribution in [1.29, 1.82) is 0 Å². The number of hydrogen-bond acceptors (Lipinski definition) is 5. The summed E-state index contributed by atoms with van der Waals surface area (Å²) in [5, 5.41) is 6.53. The van der Waals surface area contributed by atoms with E-state index in [2.05, 4.69) is 270 Å². The number of rotatable bonds is 6. The highest BCUT2D eigenvalue weighted by Gasteiger charge is 2.52. The first kappa shape index (κ1) is 46.0. The predicted molar refractivity (Wildman–Crippen MR) is 323 cm³/mol. The normalized spacial score (nSPS) is 13.5. The minimum absolute atomic E-state index is 0.0231. The van der Waals surface area contributed by atoms with Crippen molar-refractivity contribution in [3.8, 4) is 22.6 Å². The highest BCUT2D eigenvalue weighted by molar-refractivity contribution is 6.12. The summed E-state index contributed by atoms with van der Waals surface area (Å²) < 4.78 is 21.0. The van der Waals surface area contributed by atoms with Crippen molar-refractivity contribution in [2.24, 2.45) is 0 Å². The molecule has 1 aliphatic heterocycles. The van der Waals surface area contributed by atoms with Gasteiger partial charge in [-0.2, -0.15) is 0 Å². The van der Waals surface area contributed by atoms with E-state index in [0.29, 0.717) is 0 Å². The van der Waals surface area contributed by atoms with Gasteiger partial charge < -0.3 is 23.4 Å². The third-order valence-corrected chi connectivity index (χ3v) is 16.6. The number of furan rings is 2. The van der Waals surface area contributed by atoms with Gasteiger partial charge in [0.1, 0.15) is 22.7 Å². The summed E-state index contributed by atoms with van der Waals surface area (Å²) in [5.41, 5.74) is 17.9. The topological polar surface area (TPSA) is 42.0 Å². The molecule has 0 bridgehead atoms. The van der Waals surface area contributed by atoms with E-state index in [-0.39, 0.29) is 10.8 Å². The van der Waals surface area contributed by atoms with Crippen LogP contribution in [0.2, 0.25) is 0 Å². The molecule has 0 amide bonds. The van der Waals surface area contributed by atoms with Crippen molar-refractivity contribution < 1.29 is 13.6 Å². The lowest BCUT2D eigenvalue weighted by atomic mass is 9.65. The molecule has 2 aliphatic rings. The van der Waals surface area contributed by atoms with E-state index in [9.17, 15) is 0 Å². The van der Waals surface area contributed by atoms with Crippen LogP contribution >= 0.6 is 0 Å². The molecule has 0 unspecified atom stereocenters. The molecule has 0 radical (unpaired) electrons. The summed E-state index contributed by atoms with van der Waals surface area (Å²) in [4.78, 5) is 4.78. The Morgan fingerprint density at radius 2 is 0.795 bits per heavy atom. The molecule has 15 rings (SSSR count). The number of hydrogen-bond donors (Lipinski definition) is 0. The van der Waals surface area contributed by atoms with Crippen LogP contribution in [0.1, 0.15) is 74.9 Å². The van der Waals surface area contributed by atoms with E-state index in [1.54, 1.807) is 0 Å². The van der Waals surface area contributed by atoms with Gasteiger partial charge in [-0.1, -0.05) is 193 Å². The molecule has 1 spiro atoms. The second-order valence-electron chi connectivity index (χ2n) is 23.2. The highest BCUT2D eigenvalue weighted by Crippen LogP contribution is 2.64. The summed E-state index contributed by atoms with van der Waals surface area (Å²) in [6.07, 6.45) is 0. The average Bonchev–Trinajstić information content (AvgIpc) is 2.59. The summed E-state index contributed by atoms with van der Waals surface area (Å²) in [6, 6.07) is 84.0. The van der Waals surface area contributed by atoms with E-state index in [4.69, 9.17) is 13.6 Å². The molecule has 1 aliphatic carbocycles. The third-order valence-electron chi connectivity index (χ3n) is 16.6. The van der Waals surface area contributed by atoms with Crippen LogP contribution in [0.15, 0.2) is 239 Å². The number of fused-ring (bicyclic) bond motifs is 17. The van der Waals surface area contributed by atoms with Crippen molar-refractivity contribution in [2.75, 3.05) is 9.80 Å². The van der Waals surface area contributed by atoms with Gasteiger partial charge in [0.2, 0.25) is 0 Å². The van der Waals surface area contributed by atoms with Crippen LogP contribution in [0.3, 0.4) is 0 Å². The number of anilines is 6. The first-order chi connectivity index (χ1) is 37.9. The lowest BCUT2D eigenvalue weighted by molar-refractivity contribution is 0.442. The first-order valence-corrected chi connectivity index (χ1v) is 27.1. The van der Waals surface area contributed by atoms with E-state index >= 15 is 0 Å². The van der Waals surface area contributed by atoms with Gasteiger partial charge in [0.05, 0.1) is 16.8 Å². The van der Waals surface area contributed by atoms with Gasteiger partial charge in [-0.25, -0.2) is 0 Å². The second-order valence-corrected chi connectivity index (χ2v) is 23.2. The first-order valence-electron chi connectivity index (χ1n) is 27.1. The molecule has 0 atom stereocenters.